The molecule has 1 atom stereocenters. The Bertz CT molecular complexity index is 1010. The quantitative estimate of drug-likeness (QED) is 0.697. The molecule has 0 fully saturated rings. The summed E-state index contributed by atoms with van der Waals surface area (Å²) in [5.74, 6) is 1.99. The molecule has 0 saturated heterocycles. The van der Waals surface area contributed by atoms with E-state index >= 15 is 0 Å². The van der Waals surface area contributed by atoms with Gasteiger partial charge in [0.25, 0.3) is 11.8 Å². The lowest BCUT2D eigenvalue weighted by atomic mass is 10.1. The van der Waals surface area contributed by atoms with E-state index in [1.54, 1.807) is 6.20 Å². The number of ether oxygens (including phenoxy) is 2. The standard InChI is InChI=1S/C21H24N6O3/c1-13-17-8-15(7-14(17)4-6-22-13)23-5-2-3-16-10-27(12-30-16)18-9-24-21-20(25-18)26-19(28)11-29-21/h4,6,9-10,15,23H,2-3,5,7-8,11-12H2,1H3,(H,25,26,28). The second-order valence-corrected chi connectivity index (χ2v) is 7.75. The van der Waals surface area contributed by atoms with Crippen LogP contribution in [0.25, 0.3) is 0 Å². The van der Waals surface area contributed by atoms with E-state index in [9.17, 15) is 4.79 Å². The van der Waals surface area contributed by atoms with Crippen molar-refractivity contribution in [1.82, 2.24) is 20.3 Å². The van der Waals surface area contributed by atoms with Gasteiger partial charge in [-0.25, -0.2) is 9.97 Å². The van der Waals surface area contributed by atoms with Crippen LogP contribution in [0.3, 0.4) is 0 Å². The van der Waals surface area contributed by atoms with Gasteiger partial charge in [0.15, 0.2) is 25.0 Å². The van der Waals surface area contributed by atoms with Crippen LogP contribution in [0.4, 0.5) is 11.6 Å². The highest BCUT2D eigenvalue weighted by Crippen LogP contribution is 2.28. The molecule has 1 aliphatic carbocycles. The van der Waals surface area contributed by atoms with E-state index in [1.165, 1.54) is 11.1 Å². The highest BCUT2D eigenvalue weighted by Gasteiger charge is 2.24. The fourth-order valence-electron chi connectivity index (χ4n) is 4.08. The van der Waals surface area contributed by atoms with Crippen molar-refractivity contribution < 1.29 is 14.3 Å². The van der Waals surface area contributed by atoms with Gasteiger partial charge in [0.05, 0.1) is 6.20 Å². The first kappa shape index (κ1) is 18.8. The van der Waals surface area contributed by atoms with Crippen molar-refractivity contribution in [3.05, 3.63) is 47.2 Å². The van der Waals surface area contributed by atoms with Crippen LogP contribution >= 0.6 is 0 Å². The van der Waals surface area contributed by atoms with E-state index in [2.05, 4.69) is 38.6 Å². The topological polar surface area (TPSA) is 102 Å². The van der Waals surface area contributed by atoms with Gasteiger partial charge in [-0.1, -0.05) is 0 Å². The molecule has 30 heavy (non-hydrogen) atoms. The maximum absolute atomic E-state index is 11.5. The van der Waals surface area contributed by atoms with Gasteiger partial charge in [-0.05, 0) is 49.9 Å². The van der Waals surface area contributed by atoms with E-state index in [-0.39, 0.29) is 12.5 Å². The van der Waals surface area contributed by atoms with E-state index in [1.807, 2.05) is 17.3 Å². The Balaban J connectivity index is 1.11. The number of anilines is 2. The van der Waals surface area contributed by atoms with Gasteiger partial charge in [0.1, 0.15) is 5.76 Å². The summed E-state index contributed by atoms with van der Waals surface area (Å²) in [5, 5.41) is 6.34. The van der Waals surface area contributed by atoms with Crippen LogP contribution in [0, 0.1) is 6.92 Å². The van der Waals surface area contributed by atoms with Crippen LogP contribution in [-0.2, 0) is 22.4 Å². The molecular weight excluding hydrogens is 384 g/mol. The Morgan fingerprint density at radius 2 is 2.23 bits per heavy atom. The Morgan fingerprint density at radius 3 is 3.13 bits per heavy atom. The molecule has 2 aliphatic heterocycles. The monoisotopic (exact) mass is 408 g/mol. The van der Waals surface area contributed by atoms with E-state index in [4.69, 9.17) is 9.47 Å². The number of pyridine rings is 1. The molecule has 1 unspecified atom stereocenters. The number of allylic oxidation sites excluding steroid dienone is 1. The molecular formula is C21H24N6O3. The third kappa shape index (κ3) is 3.80. The van der Waals surface area contributed by atoms with Crippen LogP contribution < -0.4 is 20.3 Å². The summed E-state index contributed by atoms with van der Waals surface area (Å²) in [6, 6.07) is 2.62. The maximum atomic E-state index is 11.5. The Kier molecular flexibility index (Phi) is 4.96. The maximum Gasteiger partial charge on any atom is 0.263 e. The summed E-state index contributed by atoms with van der Waals surface area (Å²) < 4.78 is 11.0. The minimum absolute atomic E-state index is 0.0324. The number of fused-ring (bicyclic) bond motifs is 2. The van der Waals surface area contributed by atoms with Gasteiger partial charge < -0.3 is 20.1 Å². The lowest BCUT2D eigenvalue weighted by molar-refractivity contribution is -0.118. The lowest BCUT2D eigenvalue weighted by Gasteiger charge is -2.18. The van der Waals surface area contributed by atoms with Crippen molar-refractivity contribution in [2.24, 2.45) is 0 Å². The summed E-state index contributed by atoms with van der Waals surface area (Å²) in [7, 11) is 0. The molecule has 0 spiro atoms. The summed E-state index contributed by atoms with van der Waals surface area (Å²) >= 11 is 0. The Hall–Kier alpha value is -3.20. The van der Waals surface area contributed by atoms with E-state index in [0.29, 0.717) is 30.3 Å². The molecule has 156 valence electrons. The average Bonchev–Trinajstić information content (AvgIpc) is 3.38. The van der Waals surface area contributed by atoms with E-state index in [0.717, 1.165) is 43.7 Å². The van der Waals surface area contributed by atoms with Gasteiger partial charge >= 0.3 is 0 Å². The zero-order valence-electron chi connectivity index (χ0n) is 16.9. The molecule has 9 heteroatoms. The molecule has 0 radical (unpaired) electrons. The smallest absolute Gasteiger partial charge is 0.263 e. The zero-order valence-corrected chi connectivity index (χ0v) is 16.9. The zero-order chi connectivity index (χ0) is 20.5. The summed E-state index contributed by atoms with van der Waals surface area (Å²) in [6.07, 6.45) is 9.44. The molecule has 4 heterocycles. The molecule has 0 aromatic carbocycles. The minimum Gasteiger partial charge on any atom is -0.476 e. The molecule has 2 aromatic rings. The number of carbonyl (C=O) groups excluding carboxylic acids is 1. The summed E-state index contributed by atoms with van der Waals surface area (Å²) in [4.78, 5) is 26.4. The minimum atomic E-state index is -0.230. The van der Waals surface area contributed by atoms with Crippen molar-refractivity contribution in [2.75, 3.05) is 30.1 Å². The molecule has 0 bridgehead atoms. The summed E-state index contributed by atoms with van der Waals surface area (Å²) in [5.41, 5.74) is 3.98. The number of amides is 1. The van der Waals surface area contributed by atoms with Crippen molar-refractivity contribution in [2.45, 2.75) is 38.6 Å². The van der Waals surface area contributed by atoms with Crippen LogP contribution in [0.15, 0.2) is 30.4 Å². The van der Waals surface area contributed by atoms with Crippen molar-refractivity contribution in [3.63, 3.8) is 0 Å². The fraction of sp³-hybridized carbons (Fsp3) is 0.429. The Labute approximate surface area is 174 Å². The second-order valence-electron chi connectivity index (χ2n) is 7.75. The van der Waals surface area contributed by atoms with Gasteiger partial charge in [0.2, 0.25) is 0 Å². The fourth-order valence-corrected chi connectivity index (χ4v) is 4.08. The molecule has 9 nitrogen and oxygen atoms in total. The highest BCUT2D eigenvalue weighted by atomic mass is 16.5. The molecule has 1 amide bonds. The number of carbonyl (C=O) groups is 1. The molecule has 3 aliphatic rings. The predicted octanol–water partition coefficient (Wildman–Crippen LogP) is 1.68. The number of nitrogens with zero attached hydrogens (tertiary/aromatic N) is 4. The van der Waals surface area contributed by atoms with Crippen LogP contribution in [-0.4, -0.2) is 46.8 Å². The first-order valence-corrected chi connectivity index (χ1v) is 10.2. The average molecular weight is 408 g/mol. The third-order valence-electron chi connectivity index (χ3n) is 5.63. The predicted molar refractivity (Wildman–Crippen MR) is 110 cm³/mol. The van der Waals surface area contributed by atoms with Gasteiger partial charge in [-0.3, -0.25) is 14.7 Å². The number of hydrogen-bond donors (Lipinski definition) is 2. The first-order valence-electron chi connectivity index (χ1n) is 10.2. The molecule has 5 rings (SSSR count). The first-order chi connectivity index (χ1) is 14.7. The Morgan fingerprint density at radius 1 is 1.30 bits per heavy atom. The normalized spacial score (nSPS) is 19.5. The number of aryl methyl sites for hydroxylation is 1. The largest absolute Gasteiger partial charge is 0.476 e. The van der Waals surface area contributed by atoms with Gasteiger partial charge in [-0.15, -0.1) is 0 Å². The van der Waals surface area contributed by atoms with Crippen LogP contribution in [0.5, 0.6) is 5.88 Å². The SMILES string of the molecule is Cc1nccc2c1CC(NCCCC1=CN(c3cnc4c(n3)NC(=O)CO4)CO1)C2. The third-order valence-corrected chi connectivity index (χ3v) is 5.63. The number of hydrogen-bond acceptors (Lipinski definition) is 8. The van der Waals surface area contributed by atoms with Crippen molar-refractivity contribution in [1.29, 1.82) is 0 Å². The number of aromatic nitrogens is 3. The van der Waals surface area contributed by atoms with Gasteiger partial charge in [0, 0.05) is 30.6 Å². The lowest BCUT2D eigenvalue weighted by Crippen LogP contribution is -2.30. The highest BCUT2D eigenvalue weighted by molar-refractivity contribution is 5.93. The summed E-state index contributed by atoms with van der Waals surface area (Å²) in [6.45, 7) is 3.38. The van der Waals surface area contributed by atoms with Crippen molar-refractivity contribution >= 4 is 17.5 Å². The molecule has 2 aromatic heterocycles. The second kappa shape index (κ2) is 7.91. The van der Waals surface area contributed by atoms with Gasteiger partial charge in [-0.2, -0.15) is 0 Å². The van der Waals surface area contributed by atoms with Crippen LogP contribution in [0.2, 0.25) is 0 Å². The number of rotatable bonds is 6. The molecule has 0 saturated carbocycles. The van der Waals surface area contributed by atoms with Crippen molar-refractivity contribution in [3.8, 4) is 5.88 Å². The number of nitrogens with one attached hydrogen (secondary N) is 2. The van der Waals surface area contributed by atoms with E-state index < -0.39 is 0 Å². The molecule has 2 N–H and O–H groups in total. The van der Waals surface area contributed by atoms with Crippen LogP contribution in [0.1, 0.15) is 29.7 Å².